The predicted octanol–water partition coefficient (Wildman–Crippen LogP) is 2.36. The van der Waals surface area contributed by atoms with Crippen LogP contribution in [0.2, 0.25) is 5.15 Å². The molecule has 1 atom stereocenters. The lowest BCUT2D eigenvalue weighted by molar-refractivity contribution is 0.481. The molecule has 1 fully saturated rings. The first kappa shape index (κ1) is 13.4. The molecular weight excluding hydrogens is 276 g/mol. The molecule has 0 aliphatic carbocycles. The molecule has 0 aromatic carbocycles. The molecule has 106 valence electrons. The minimum atomic E-state index is -0.255. The molecule has 0 saturated carbocycles. The zero-order chi connectivity index (χ0) is 14.3. The molecule has 1 saturated heterocycles. The SMILES string of the molecule is C[C@H]1CCCCN1c1nc(=O)n(C)c2ccc(Cl)nc12. The molecular formula is C14H17ClN4O. The van der Waals surface area contributed by atoms with Gasteiger partial charge in [-0.15, -0.1) is 0 Å². The Hall–Kier alpha value is -1.62. The Kier molecular flexibility index (Phi) is 3.38. The molecule has 0 unspecified atom stereocenters. The number of halogens is 1. The van der Waals surface area contributed by atoms with Crippen molar-refractivity contribution in [1.82, 2.24) is 14.5 Å². The van der Waals surface area contributed by atoms with Crippen LogP contribution in [0.5, 0.6) is 0 Å². The Morgan fingerprint density at radius 2 is 2.10 bits per heavy atom. The third-order valence-electron chi connectivity index (χ3n) is 3.98. The first-order chi connectivity index (χ1) is 9.58. The van der Waals surface area contributed by atoms with Crippen LogP contribution in [0.1, 0.15) is 26.2 Å². The van der Waals surface area contributed by atoms with Crippen molar-refractivity contribution in [3.63, 3.8) is 0 Å². The van der Waals surface area contributed by atoms with Crippen molar-refractivity contribution >= 4 is 28.5 Å². The topological polar surface area (TPSA) is 51.0 Å². The number of piperidine rings is 1. The van der Waals surface area contributed by atoms with Gasteiger partial charge in [0.2, 0.25) is 0 Å². The van der Waals surface area contributed by atoms with Crippen LogP contribution in [0.3, 0.4) is 0 Å². The van der Waals surface area contributed by atoms with Gasteiger partial charge in [-0.2, -0.15) is 4.98 Å². The van der Waals surface area contributed by atoms with Gasteiger partial charge in [0, 0.05) is 19.6 Å². The van der Waals surface area contributed by atoms with Crippen LogP contribution in [-0.4, -0.2) is 27.1 Å². The number of aryl methyl sites for hydroxylation is 1. The lowest BCUT2D eigenvalue weighted by Crippen LogP contribution is -2.39. The molecule has 3 rings (SSSR count). The maximum absolute atomic E-state index is 12.1. The maximum atomic E-state index is 12.1. The first-order valence-corrected chi connectivity index (χ1v) is 7.25. The normalized spacial score (nSPS) is 19.6. The summed E-state index contributed by atoms with van der Waals surface area (Å²) in [7, 11) is 1.71. The van der Waals surface area contributed by atoms with E-state index < -0.39 is 0 Å². The van der Waals surface area contributed by atoms with E-state index in [0.717, 1.165) is 24.9 Å². The van der Waals surface area contributed by atoms with E-state index in [1.165, 1.54) is 11.0 Å². The molecule has 3 heterocycles. The molecule has 6 heteroatoms. The quantitative estimate of drug-likeness (QED) is 0.757. The number of pyridine rings is 1. The Labute approximate surface area is 122 Å². The van der Waals surface area contributed by atoms with Crippen molar-refractivity contribution in [3.8, 4) is 0 Å². The fourth-order valence-corrected chi connectivity index (χ4v) is 2.95. The lowest BCUT2D eigenvalue weighted by Gasteiger charge is -2.34. The van der Waals surface area contributed by atoms with Crippen molar-refractivity contribution in [2.45, 2.75) is 32.2 Å². The standard InChI is InChI=1S/C14H17ClN4O/c1-9-5-3-4-8-19(9)13-12-10(6-7-11(15)16-12)18(2)14(20)17-13/h6-7,9H,3-5,8H2,1-2H3/t9-/m0/s1. The number of fused-ring (bicyclic) bond motifs is 1. The van der Waals surface area contributed by atoms with Crippen molar-refractivity contribution in [2.24, 2.45) is 7.05 Å². The summed E-state index contributed by atoms with van der Waals surface area (Å²) in [6, 6.07) is 3.89. The lowest BCUT2D eigenvalue weighted by atomic mass is 10.0. The van der Waals surface area contributed by atoms with E-state index in [4.69, 9.17) is 11.6 Å². The number of anilines is 1. The van der Waals surface area contributed by atoms with Gasteiger partial charge in [0.1, 0.15) is 10.7 Å². The fraction of sp³-hybridized carbons (Fsp3) is 0.500. The van der Waals surface area contributed by atoms with Gasteiger partial charge in [-0.05, 0) is 38.3 Å². The van der Waals surface area contributed by atoms with Gasteiger partial charge >= 0.3 is 5.69 Å². The van der Waals surface area contributed by atoms with E-state index in [1.807, 2.05) is 6.07 Å². The highest BCUT2D eigenvalue weighted by Crippen LogP contribution is 2.28. The molecule has 0 amide bonds. The van der Waals surface area contributed by atoms with Gasteiger partial charge in [-0.25, -0.2) is 9.78 Å². The molecule has 1 aliphatic rings. The van der Waals surface area contributed by atoms with E-state index >= 15 is 0 Å². The largest absolute Gasteiger partial charge is 0.352 e. The third-order valence-corrected chi connectivity index (χ3v) is 4.19. The molecule has 0 N–H and O–H groups in total. The second kappa shape index (κ2) is 5.05. The number of nitrogens with zero attached hydrogens (tertiary/aromatic N) is 4. The van der Waals surface area contributed by atoms with Crippen LogP contribution >= 0.6 is 11.6 Å². The second-order valence-corrected chi connectivity index (χ2v) is 5.70. The summed E-state index contributed by atoms with van der Waals surface area (Å²) in [6.07, 6.45) is 3.44. The first-order valence-electron chi connectivity index (χ1n) is 6.88. The molecule has 2 aromatic heterocycles. The third kappa shape index (κ3) is 2.16. The molecule has 20 heavy (non-hydrogen) atoms. The van der Waals surface area contributed by atoms with E-state index in [0.29, 0.717) is 22.5 Å². The van der Waals surface area contributed by atoms with Crippen LogP contribution in [0, 0.1) is 0 Å². The summed E-state index contributed by atoms with van der Waals surface area (Å²) in [5.41, 5.74) is 1.21. The predicted molar refractivity (Wildman–Crippen MR) is 80.4 cm³/mol. The van der Waals surface area contributed by atoms with Crippen molar-refractivity contribution in [2.75, 3.05) is 11.4 Å². The number of rotatable bonds is 1. The summed E-state index contributed by atoms with van der Waals surface area (Å²) >= 11 is 6.01. The Morgan fingerprint density at radius 1 is 1.30 bits per heavy atom. The molecule has 0 bridgehead atoms. The number of hydrogen-bond donors (Lipinski definition) is 0. The van der Waals surface area contributed by atoms with Gasteiger partial charge in [0.15, 0.2) is 5.82 Å². The summed E-state index contributed by atoms with van der Waals surface area (Å²) in [5.74, 6) is 0.665. The van der Waals surface area contributed by atoms with Gasteiger partial charge in [0.05, 0.1) is 5.52 Å². The Balaban J connectivity index is 2.26. The van der Waals surface area contributed by atoms with Crippen molar-refractivity contribution in [1.29, 1.82) is 0 Å². The summed E-state index contributed by atoms with van der Waals surface area (Å²) in [5, 5.41) is 0.420. The van der Waals surface area contributed by atoms with Crippen LogP contribution in [0.4, 0.5) is 5.82 Å². The van der Waals surface area contributed by atoms with Crippen LogP contribution < -0.4 is 10.6 Å². The van der Waals surface area contributed by atoms with Gasteiger partial charge < -0.3 is 4.90 Å². The van der Waals surface area contributed by atoms with Gasteiger partial charge in [0.25, 0.3) is 0 Å². The maximum Gasteiger partial charge on any atom is 0.349 e. The summed E-state index contributed by atoms with van der Waals surface area (Å²) < 4.78 is 1.51. The van der Waals surface area contributed by atoms with Crippen molar-refractivity contribution < 1.29 is 0 Å². The van der Waals surface area contributed by atoms with Crippen LogP contribution in [0.25, 0.3) is 11.0 Å². The van der Waals surface area contributed by atoms with E-state index in [9.17, 15) is 4.79 Å². The van der Waals surface area contributed by atoms with Crippen LogP contribution in [0.15, 0.2) is 16.9 Å². The van der Waals surface area contributed by atoms with Gasteiger partial charge in [-0.3, -0.25) is 4.57 Å². The highest BCUT2D eigenvalue weighted by Gasteiger charge is 2.23. The zero-order valence-corrected chi connectivity index (χ0v) is 12.4. The Bertz CT molecular complexity index is 712. The highest BCUT2D eigenvalue weighted by atomic mass is 35.5. The second-order valence-electron chi connectivity index (χ2n) is 5.32. The monoisotopic (exact) mass is 292 g/mol. The molecule has 0 spiro atoms. The molecule has 1 aliphatic heterocycles. The number of aromatic nitrogens is 3. The molecule has 2 aromatic rings. The molecule has 0 radical (unpaired) electrons. The van der Waals surface area contributed by atoms with Crippen molar-refractivity contribution in [3.05, 3.63) is 27.8 Å². The average molecular weight is 293 g/mol. The molecule has 5 nitrogen and oxygen atoms in total. The van der Waals surface area contributed by atoms with E-state index in [-0.39, 0.29) is 5.69 Å². The average Bonchev–Trinajstić information content (AvgIpc) is 2.43. The number of hydrogen-bond acceptors (Lipinski definition) is 4. The zero-order valence-electron chi connectivity index (χ0n) is 11.6. The van der Waals surface area contributed by atoms with Crippen LogP contribution in [-0.2, 0) is 7.05 Å². The minimum absolute atomic E-state index is 0.255. The highest BCUT2D eigenvalue weighted by molar-refractivity contribution is 6.29. The summed E-state index contributed by atoms with van der Waals surface area (Å²) in [6.45, 7) is 3.07. The fourth-order valence-electron chi connectivity index (χ4n) is 2.80. The van der Waals surface area contributed by atoms with E-state index in [1.54, 1.807) is 13.1 Å². The minimum Gasteiger partial charge on any atom is -0.352 e. The smallest absolute Gasteiger partial charge is 0.349 e. The summed E-state index contributed by atoms with van der Waals surface area (Å²) in [4.78, 5) is 22.8. The van der Waals surface area contributed by atoms with Gasteiger partial charge in [-0.1, -0.05) is 11.6 Å². The Morgan fingerprint density at radius 3 is 2.85 bits per heavy atom. The van der Waals surface area contributed by atoms with E-state index in [2.05, 4.69) is 21.8 Å².